The molecule has 1 saturated carbocycles. The topological polar surface area (TPSA) is 41.1 Å². The second-order valence-electron chi connectivity index (χ2n) is 6.70. The average molecular weight is 334 g/mol. The number of carbonyl (C=O) groups excluding carboxylic acids is 1. The van der Waals surface area contributed by atoms with Crippen LogP contribution < -0.4 is 10.6 Å². The highest BCUT2D eigenvalue weighted by atomic mass is 16.1. The number of hydrogen-bond donors (Lipinski definition) is 2. The zero-order valence-corrected chi connectivity index (χ0v) is 14.6. The normalized spacial score (nSPS) is 16.0. The van der Waals surface area contributed by atoms with Crippen molar-refractivity contribution in [2.45, 2.75) is 38.3 Å². The smallest absolute Gasteiger partial charge is 0.252 e. The molecule has 0 saturated heterocycles. The monoisotopic (exact) mass is 334 g/mol. The van der Waals surface area contributed by atoms with Gasteiger partial charge in [0.2, 0.25) is 0 Å². The Labute approximate surface area is 150 Å². The number of nitrogens with one attached hydrogen (secondary N) is 2. The SMILES string of the molecule is C=C(NC(NC(=O)c1ccccc1)C1CCCCC1)c1ccccc1. The number of amides is 1. The van der Waals surface area contributed by atoms with Crippen molar-refractivity contribution in [1.82, 2.24) is 10.6 Å². The van der Waals surface area contributed by atoms with Crippen LogP contribution in [0.4, 0.5) is 0 Å². The summed E-state index contributed by atoms with van der Waals surface area (Å²) in [5.41, 5.74) is 2.59. The first-order valence-corrected chi connectivity index (χ1v) is 9.11. The Bertz CT molecular complexity index is 637. The van der Waals surface area contributed by atoms with E-state index in [0.717, 1.165) is 24.1 Å². The summed E-state index contributed by atoms with van der Waals surface area (Å²) in [5, 5.41) is 6.67. The second kappa shape index (κ2) is 8.52. The van der Waals surface area contributed by atoms with Crippen LogP contribution in [0.3, 0.4) is 0 Å². The quantitative estimate of drug-likeness (QED) is 0.759. The predicted octanol–water partition coefficient (Wildman–Crippen LogP) is 4.58. The van der Waals surface area contributed by atoms with Crippen LogP contribution in [0.2, 0.25) is 0 Å². The van der Waals surface area contributed by atoms with Crippen LogP contribution in [0.25, 0.3) is 5.70 Å². The molecule has 0 aliphatic heterocycles. The van der Waals surface area contributed by atoms with E-state index in [1.54, 1.807) is 0 Å². The number of rotatable bonds is 6. The van der Waals surface area contributed by atoms with Crippen LogP contribution in [-0.4, -0.2) is 12.1 Å². The van der Waals surface area contributed by atoms with Gasteiger partial charge in [-0.3, -0.25) is 4.79 Å². The third kappa shape index (κ3) is 4.72. The minimum absolute atomic E-state index is 0.0375. The maximum absolute atomic E-state index is 12.6. The average Bonchev–Trinajstić information content (AvgIpc) is 2.69. The lowest BCUT2D eigenvalue weighted by molar-refractivity contribution is 0.0906. The van der Waals surface area contributed by atoms with Crippen LogP contribution in [-0.2, 0) is 0 Å². The molecule has 1 amide bonds. The van der Waals surface area contributed by atoms with E-state index >= 15 is 0 Å². The van der Waals surface area contributed by atoms with Gasteiger partial charge in [0, 0.05) is 11.3 Å². The van der Waals surface area contributed by atoms with Crippen LogP contribution in [0, 0.1) is 5.92 Å². The summed E-state index contributed by atoms with van der Waals surface area (Å²) in [7, 11) is 0. The summed E-state index contributed by atoms with van der Waals surface area (Å²) in [5.74, 6) is 0.395. The molecule has 0 radical (unpaired) electrons. The fourth-order valence-corrected chi connectivity index (χ4v) is 3.46. The molecule has 3 heteroatoms. The van der Waals surface area contributed by atoms with E-state index in [2.05, 4.69) is 17.2 Å². The van der Waals surface area contributed by atoms with Crippen LogP contribution >= 0.6 is 0 Å². The van der Waals surface area contributed by atoms with Gasteiger partial charge >= 0.3 is 0 Å². The molecule has 1 atom stereocenters. The van der Waals surface area contributed by atoms with Gasteiger partial charge in [0.1, 0.15) is 6.17 Å². The first-order chi connectivity index (χ1) is 12.2. The molecule has 0 bridgehead atoms. The van der Waals surface area contributed by atoms with Crippen molar-refractivity contribution in [1.29, 1.82) is 0 Å². The van der Waals surface area contributed by atoms with E-state index in [9.17, 15) is 4.79 Å². The van der Waals surface area contributed by atoms with Crippen molar-refractivity contribution < 1.29 is 4.79 Å². The van der Waals surface area contributed by atoms with Gasteiger partial charge in [0.05, 0.1) is 0 Å². The Morgan fingerprint density at radius 2 is 1.40 bits per heavy atom. The van der Waals surface area contributed by atoms with Gasteiger partial charge in [-0.15, -0.1) is 0 Å². The molecular weight excluding hydrogens is 308 g/mol. The zero-order valence-electron chi connectivity index (χ0n) is 14.6. The molecule has 2 aromatic carbocycles. The van der Waals surface area contributed by atoms with E-state index in [1.807, 2.05) is 60.7 Å². The molecule has 1 aliphatic rings. The summed E-state index contributed by atoms with van der Waals surface area (Å²) < 4.78 is 0. The van der Waals surface area contributed by atoms with Crippen molar-refractivity contribution in [2.75, 3.05) is 0 Å². The zero-order chi connectivity index (χ0) is 17.5. The third-order valence-corrected chi connectivity index (χ3v) is 4.90. The van der Waals surface area contributed by atoms with E-state index in [4.69, 9.17) is 0 Å². The Hall–Kier alpha value is -2.55. The number of benzene rings is 2. The van der Waals surface area contributed by atoms with E-state index in [-0.39, 0.29) is 12.1 Å². The van der Waals surface area contributed by atoms with Crippen molar-refractivity contribution in [3.05, 3.63) is 78.4 Å². The van der Waals surface area contributed by atoms with Gasteiger partial charge in [-0.1, -0.05) is 74.4 Å². The van der Waals surface area contributed by atoms with Crippen LogP contribution in [0.5, 0.6) is 0 Å². The summed E-state index contributed by atoms with van der Waals surface area (Å²) >= 11 is 0. The van der Waals surface area contributed by atoms with Crippen LogP contribution in [0.1, 0.15) is 48.0 Å². The lowest BCUT2D eigenvalue weighted by Gasteiger charge is -2.33. The Balaban J connectivity index is 1.73. The van der Waals surface area contributed by atoms with Gasteiger partial charge in [-0.2, -0.15) is 0 Å². The van der Waals surface area contributed by atoms with E-state index < -0.39 is 0 Å². The maximum atomic E-state index is 12.6. The van der Waals surface area contributed by atoms with Gasteiger partial charge in [0.25, 0.3) is 5.91 Å². The third-order valence-electron chi connectivity index (χ3n) is 4.90. The molecule has 1 unspecified atom stereocenters. The molecule has 3 nitrogen and oxygen atoms in total. The first-order valence-electron chi connectivity index (χ1n) is 9.11. The van der Waals surface area contributed by atoms with Crippen molar-refractivity contribution >= 4 is 11.6 Å². The highest BCUT2D eigenvalue weighted by Gasteiger charge is 2.25. The summed E-state index contributed by atoms with van der Waals surface area (Å²) in [6.45, 7) is 4.18. The Morgan fingerprint density at radius 3 is 2.00 bits per heavy atom. The molecule has 0 aromatic heterocycles. The van der Waals surface area contributed by atoms with Crippen molar-refractivity contribution in [3.63, 3.8) is 0 Å². The van der Waals surface area contributed by atoms with E-state index in [0.29, 0.717) is 11.5 Å². The fourth-order valence-electron chi connectivity index (χ4n) is 3.46. The molecule has 25 heavy (non-hydrogen) atoms. The minimum Gasteiger partial charge on any atom is -0.365 e. The highest BCUT2D eigenvalue weighted by Crippen LogP contribution is 2.27. The largest absolute Gasteiger partial charge is 0.365 e. The van der Waals surface area contributed by atoms with Crippen molar-refractivity contribution in [3.8, 4) is 0 Å². The van der Waals surface area contributed by atoms with Gasteiger partial charge in [-0.25, -0.2) is 0 Å². The standard InChI is InChI=1S/C22H26N2O/c1-17(18-11-5-2-6-12-18)23-21(19-13-7-3-8-14-19)24-22(25)20-15-9-4-10-16-20/h2,4-6,9-12,15-16,19,21,23H,1,3,7-8,13-14H2,(H,24,25). The Kier molecular flexibility index (Phi) is 5.89. The van der Waals surface area contributed by atoms with Gasteiger partial charge in [-0.05, 0) is 36.5 Å². The van der Waals surface area contributed by atoms with Crippen LogP contribution in [0.15, 0.2) is 67.2 Å². The van der Waals surface area contributed by atoms with Gasteiger partial charge < -0.3 is 10.6 Å². The summed E-state index contributed by atoms with van der Waals surface area (Å²) in [6.07, 6.45) is 5.91. The first kappa shape index (κ1) is 17.3. The molecule has 2 N–H and O–H groups in total. The fraction of sp³-hybridized carbons (Fsp3) is 0.318. The lowest BCUT2D eigenvalue weighted by Crippen LogP contribution is -2.49. The molecule has 130 valence electrons. The Morgan fingerprint density at radius 1 is 0.840 bits per heavy atom. The van der Waals surface area contributed by atoms with Gasteiger partial charge in [0.15, 0.2) is 0 Å². The van der Waals surface area contributed by atoms with Crippen molar-refractivity contribution in [2.24, 2.45) is 5.92 Å². The number of hydrogen-bond acceptors (Lipinski definition) is 2. The maximum Gasteiger partial charge on any atom is 0.252 e. The molecule has 1 fully saturated rings. The molecule has 3 rings (SSSR count). The summed E-state index contributed by atoms with van der Waals surface area (Å²) in [6, 6.07) is 19.5. The minimum atomic E-state index is -0.0966. The predicted molar refractivity (Wildman–Crippen MR) is 103 cm³/mol. The molecular formula is C22H26N2O. The van der Waals surface area contributed by atoms with E-state index in [1.165, 1.54) is 19.3 Å². The molecule has 0 heterocycles. The molecule has 2 aromatic rings. The molecule has 0 spiro atoms. The molecule has 1 aliphatic carbocycles. The summed E-state index contributed by atoms with van der Waals surface area (Å²) in [4.78, 5) is 12.6. The highest BCUT2D eigenvalue weighted by molar-refractivity contribution is 5.94. The second-order valence-corrected chi connectivity index (χ2v) is 6.70. The lowest BCUT2D eigenvalue weighted by atomic mass is 9.86. The number of carbonyl (C=O) groups is 1.